The number of aromatic carboxylic acids is 1. The number of nitrogens with one attached hydrogen (secondary N) is 1. The van der Waals surface area contributed by atoms with Crippen LogP contribution in [0, 0.1) is 5.92 Å². The Bertz CT molecular complexity index is 503. The molecule has 2 heterocycles. The van der Waals surface area contributed by atoms with E-state index in [0.717, 1.165) is 25.9 Å². The van der Waals surface area contributed by atoms with Crippen molar-refractivity contribution in [1.29, 1.82) is 0 Å². The van der Waals surface area contributed by atoms with Crippen molar-refractivity contribution in [3.63, 3.8) is 0 Å². The number of carbonyl (C=O) groups excluding carboxylic acids is 1. The predicted octanol–water partition coefficient (Wildman–Crippen LogP) is 2.34. The van der Waals surface area contributed by atoms with Gasteiger partial charge in [0.2, 0.25) is 0 Å². The Labute approximate surface area is 121 Å². The van der Waals surface area contributed by atoms with Crippen LogP contribution in [0.15, 0.2) is 5.38 Å². The van der Waals surface area contributed by atoms with Gasteiger partial charge in [0.05, 0.1) is 6.04 Å². The van der Waals surface area contributed by atoms with Crippen LogP contribution in [0.4, 0.5) is 4.79 Å². The van der Waals surface area contributed by atoms with E-state index in [-0.39, 0.29) is 17.8 Å². The topological polar surface area (TPSA) is 82.5 Å². The second-order valence-corrected chi connectivity index (χ2v) is 6.13. The summed E-state index contributed by atoms with van der Waals surface area (Å²) in [5.74, 6) is -0.515. The average Bonchev–Trinajstić information content (AvgIpc) is 2.88. The first kappa shape index (κ1) is 14.8. The minimum absolute atomic E-state index is 0.0256. The fourth-order valence-electron chi connectivity index (χ4n) is 2.30. The Balaban J connectivity index is 1.94. The van der Waals surface area contributed by atoms with Gasteiger partial charge < -0.3 is 15.3 Å². The molecule has 2 amide bonds. The molecule has 1 saturated heterocycles. The number of carboxylic acids is 1. The first-order valence-corrected chi connectivity index (χ1v) is 7.59. The van der Waals surface area contributed by atoms with Crippen molar-refractivity contribution in [2.45, 2.75) is 32.7 Å². The van der Waals surface area contributed by atoms with Gasteiger partial charge in [-0.3, -0.25) is 0 Å². The monoisotopic (exact) mass is 297 g/mol. The number of aromatic nitrogens is 1. The maximum Gasteiger partial charge on any atom is 0.355 e. The third-order valence-electron chi connectivity index (χ3n) is 3.40. The molecule has 7 heteroatoms. The molecule has 1 aromatic rings. The molecule has 2 unspecified atom stereocenters. The van der Waals surface area contributed by atoms with Crippen LogP contribution >= 0.6 is 11.3 Å². The van der Waals surface area contributed by atoms with Gasteiger partial charge in [0.15, 0.2) is 5.69 Å². The van der Waals surface area contributed by atoms with Crippen molar-refractivity contribution in [3.8, 4) is 0 Å². The third-order valence-corrected chi connectivity index (χ3v) is 4.42. The van der Waals surface area contributed by atoms with Gasteiger partial charge in [-0.25, -0.2) is 14.6 Å². The summed E-state index contributed by atoms with van der Waals surface area (Å²) in [6.07, 6.45) is 2.19. The molecule has 1 aliphatic rings. The van der Waals surface area contributed by atoms with Gasteiger partial charge in [0.25, 0.3) is 0 Å². The van der Waals surface area contributed by atoms with Crippen LogP contribution in [0.5, 0.6) is 0 Å². The van der Waals surface area contributed by atoms with Crippen molar-refractivity contribution in [3.05, 3.63) is 16.1 Å². The van der Waals surface area contributed by atoms with Crippen molar-refractivity contribution in [2.24, 2.45) is 5.92 Å². The Morgan fingerprint density at radius 1 is 1.60 bits per heavy atom. The van der Waals surface area contributed by atoms with Gasteiger partial charge >= 0.3 is 12.0 Å². The molecule has 6 nitrogen and oxygen atoms in total. The molecule has 1 fully saturated rings. The van der Waals surface area contributed by atoms with Crippen LogP contribution in [0.3, 0.4) is 0 Å². The summed E-state index contributed by atoms with van der Waals surface area (Å²) in [6.45, 7) is 5.51. The molecule has 0 saturated carbocycles. The number of hydrogen-bond acceptors (Lipinski definition) is 4. The predicted molar refractivity (Wildman–Crippen MR) is 76.0 cm³/mol. The van der Waals surface area contributed by atoms with Crippen molar-refractivity contribution in [2.75, 3.05) is 13.1 Å². The molecule has 2 atom stereocenters. The molecule has 1 aromatic heterocycles. The number of urea groups is 1. The van der Waals surface area contributed by atoms with Crippen LogP contribution in [0.1, 0.15) is 48.2 Å². The molecule has 110 valence electrons. The van der Waals surface area contributed by atoms with Gasteiger partial charge in [-0.05, 0) is 25.7 Å². The molecule has 0 radical (unpaired) electrons. The lowest BCUT2D eigenvalue weighted by Gasteiger charge is -2.31. The van der Waals surface area contributed by atoms with Gasteiger partial charge in [0, 0.05) is 18.5 Å². The number of carboxylic acid groups (broad SMARTS) is 1. The molecular weight excluding hydrogens is 278 g/mol. The highest BCUT2D eigenvalue weighted by molar-refractivity contribution is 7.09. The Morgan fingerprint density at radius 2 is 2.35 bits per heavy atom. The number of nitrogens with zero attached hydrogens (tertiary/aromatic N) is 2. The summed E-state index contributed by atoms with van der Waals surface area (Å²) >= 11 is 1.25. The summed E-state index contributed by atoms with van der Waals surface area (Å²) in [6, 6.07) is -0.381. The molecule has 0 spiro atoms. The van der Waals surface area contributed by atoms with Gasteiger partial charge in [-0.1, -0.05) is 6.92 Å². The molecule has 0 bridgehead atoms. The van der Waals surface area contributed by atoms with Gasteiger partial charge in [0.1, 0.15) is 5.01 Å². The van der Waals surface area contributed by atoms with E-state index in [1.54, 1.807) is 0 Å². The van der Waals surface area contributed by atoms with Crippen molar-refractivity contribution in [1.82, 2.24) is 15.2 Å². The molecule has 1 aliphatic heterocycles. The van der Waals surface area contributed by atoms with Crippen molar-refractivity contribution < 1.29 is 14.7 Å². The van der Waals surface area contributed by atoms with E-state index in [2.05, 4.69) is 17.2 Å². The Kier molecular flexibility index (Phi) is 4.59. The maximum absolute atomic E-state index is 12.1. The van der Waals surface area contributed by atoms with E-state index in [4.69, 9.17) is 5.11 Å². The zero-order valence-corrected chi connectivity index (χ0v) is 12.4. The number of thiazole rings is 1. The van der Waals surface area contributed by atoms with Crippen LogP contribution < -0.4 is 5.32 Å². The van der Waals surface area contributed by atoms with Crippen LogP contribution in [0.25, 0.3) is 0 Å². The summed E-state index contributed by atoms with van der Waals surface area (Å²) in [5.41, 5.74) is 0.0256. The highest BCUT2D eigenvalue weighted by Crippen LogP contribution is 2.20. The maximum atomic E-state index is 12.1. The lowest BCUT2D eigenvalue weighted by molar-refractivity contribution is 0.0691. The summed E-state index contributed by atoms with van der Waals surface area (Å²) < 4.78 is 0. The summed E-state index contributed by atoms with van der Waals surface area (Å²) in [5, 5.41) is 13.8. The zero-order chi connectivity index (χ0) is 14.7. The lowest BCUT2D eigenvalue weighted by Crippen LogP contribution is -2.45. The third kappa shape index (κ3) is 3.47. The number of rotatable bonds is 3. The molecule has 20 heavy (non-hydrogen) atoms. The van der Waals surface area contributed by atoms with Gasteiger partial charge in [-0.2, -0.15) is 0 Å². The summed E-state index contributed by atoms with van der Waals surface area (Å²) in [4.78, 5) is 28.8. The average molecular weight is 297 g/mol. The Morgan fingerprint density at radius 3 is 2.95 bits per heavy atom. The van der Waals surface area contributed by atoms with Crippen LogP contribution in [0.2, 0.25) is 0 Å². The second-order valence-electron chi connectivity index (χ2n) is 5.24. The van der Waals surface area contributed by atoms with E-state index in [1.165, 1.54) is 16.7 Å². The minimum Gasteiger partial charge on any atom is -0.476 e. The highest BCUT2D eigenvalue weighted by atomic mass is 32.1. The quantitative estimate of drug-likeness (QED) is 0.897. The number of hydrogen-bond donors (Lipinski definition) is 2. The number of amides is 2. The van der Waals surface area contributed by atoms with E-state index < -0.39 is 5.97 Å². The SMILES string of the molecule is CC1CCCN(C(=O)NC(C)c2nc(C(=O)O)cs2)C1. The standard InChI is InChI=1S/C13H19N3O3S/c1-8-4-3-5-16(6-8)13(19)14-9(2)11-15-10(7-20-11)12(17)18/h7-9H,3-6H2,1-2H3,(H,14,19)(H,17,18). The number of likely N-dealkylation sites (tertiary alicyclic amines) is 1. The smallest absolute Gasteiger partial charge is 0.355 e. The molecule has 2 N–H and O–H groups in total. The van der Waals surface area contributed by atoms with E-state index in [9.17, 15) is 9.59 Å². The number of piperidine rings is 1. The van der Waals surface area contributed by atoms with E-state index >= 15 is 0 Å². The zero-order valence-electron chi connectivity index (χ0n) is 11.6. The largest absolute Gasteiger partial charge is 0.476 e. The molecular formula is C13H19N3O3S. The van der Waals surface area contributed by atoms with E-state index in [1.807, 2.05) is 11.8 Å². The highest BCUT2D eigenvalue weighted by Gasteiger charge is 2.23. The molecule has 2 rings (SSSR count). The van der Waals surface area contributed by atoms with Crippen LogP contribution in [-0.4, -0.2) is 40.1 Å². The van der Waals surface area contributed by atoms with E-state index in [0.29, 0.717) is 10.9 Å². The molecule has 0 aliphatic carbocycles. The normalized spacial score (nSPS) is 20.5. The van der Waals surface area contributed by atoms with Crippen LogP contribution in [-0.2, 0) is 0 Å². The Hall–Kier alpha value is -1.63. The first-order chi connectivity index (χ1) is 9.47. The van der Waals surface area contributed by atoms with Crippen molar-refractivity contribution >= 4 is 23.3 Å². The fraction of sp³-hybridized carbons (Fsp3) is 0.615. The minimum atomic E-state index is -1.05. The van der Waals surface area contributed by atoms with Gasteiger partial charge in [-0.15, -0.1) is 11.3 Å². The fourth-order valence-corrected chi connectivity index (χ4v) is 3.10. The second kappa shape index (κ2) is 6.21. The number of carbonyl (C=O) groups is 2. The lowest BCUT2D eigenvalue weighted by atomic mass is 10.0. The molecule has 0 aromatic carbocycles. The summed E-state index contributed by atoms with van der Waals surface area (Å²) in [7, 11) is 0. The first-order valence-electron chi connectivity index (χ1n) is 6.71.